The summed E-state index contributed by atoms with van der Waals surface area (Å²) in [5.41, 5.74) is 0.877. The van der Waals surface area contributed by atoms with Crippen LogP contribution >= 0.6 is 11.6 Å². The lowest BCUT2D eigenvalue weighted by Crippen LogP contribution is -2.51. The molecule has 0 saturated heterocycles. The molecule has 0 heterocycles. The first-order valence-electron chi connectivity index (χ1n) is 11.1. The summed E-state index contributed by atoms with van der Waals surface area (Å²) < 4.78 is 42.8. The maximum Gasteiger partial charge on any atom is 0.264 e. The minimum atomic E-state index is -4.20. The van der Waals surface area contributed by atoms with Gasteiger partial charge in [-0.1, -0.05) is 54.1 Å². The van der Waals surface area contributed by atoms with Crippen molar-refractivity contribution in [2.75, 3.05) is 17.9 Å². The van der Waals surface area contributed by atoms with Gasteiger partial charge in [-0.2, -0.15) is 0 Å². The van der Waals surface area contributed by atoms with Gasteiger partial charge in [0.2, 0.25) is 11.8 Å². The Hall–Kier alpha value is -3.43. The molecule has 0 bridgehead atoms. The van der Waals surface area contributed by atoms with Gasteiger partial charge < -0.3 is 10.2 Å². The molecule has 3 aromatic rings. The van der Waals surface area contributed by atoms with Crippen LogP contribution in [0.5, 0.6) is 0 Å². The van der Waals surface area contributed by atoms with Gasteiger partial charge in [0, 0.05) is 24.2 Å². The maximum absolute atomic E-state index is 14.4. The van der Waals surface area contributed by atoms with Crippen LogP contribution in [0.15, 0.2) is 77.7 Å². The van der Waals surface area contributed by atoms with Crippen molar-refractivity contribution in [3.63, 3.8) is 0 Å². The minimum Gasteiger partial charge on any atom is -0.357 e. The van der Waals surface area contributed by atoms with E-state index in [1.54, 1.807) is 49.4 Å². The van der Waals surface area contributed by atoms with Crippen LogP contribution in [0, 0.1) is 12.7 Å². The minimum absolute atomic E-state index is 0.0165. The van der Waals surface area contributed by atoms with Crippen LogP contribution in [0.2, 0.25) is 5.02 Å². The maximum atomic E-state index is 14.4. The van der Waals surface area contributed by atoms with Crippen LogP contribution in [-0.2, 0) is 26.2 Å². The van der Waals surface area contributed by atoms with Crippen LogP contribution in [0.25, 0.3) is 0 Å². The van der Waals surface area contributed by atoms with Crippen LogP contribution in [0.4, 0.5) is 10.1 Å². The fraction of sp³-hybridized carbons (Fsp3) is 0.231. The lowest BCUT2D eigenvalue weighted by molar-refractivity contribution is -0.139. The normalized spacial score (nSPS) is 12.0. The first kappa shape index (κ1) is 27.2. The third-order valence-corrected chi connectivity index (χ3v) is 8.01. The van der Waals surface area contributed by atoms with Crippen LogP contribution in [-0.4, -0.2) is 44.8 Å². The number of sulfonamides is 1. The summed E-state index contributed by atoms with van der Waals surface area (Å²) in [6, 6.07) is 17.4. The summed E-state index contributed by atoms with van der Waals surface area (Å²) in [7, 11) is -2.78. The summed E-state index contributed by atoms with van der Waals surface area (Å²) in [6.45, 7) is 2.29. The lowest BCUT2D eigenvalue weighted by atomic mass is 10.1. The van der Waals surface area contributed by atoms with Gasteiger partial charge in [-0.05, 0) is 49.7 Å². The van der Waals surface area contributed by atoms with E-state index in [1.165, 1.54) is 44.3 Å². The Morgan fingerprint density at radius 3 is 2.28 bits per heavy atom. The van der Waals surface area contributed by atoms with Crippen molar-refractivity contribution >= 4 is 39.1 Å². The second-order valence-electron chi connectivity index (χ2n) is 8.11. The standard InChI is InChI=1S/C26H27ClFN3O4S/c1-18-22(27)13-9-15-24(18)31(36(34,35)21-11-5-4-6-12-21)17-25(32)30(19(2)26(33)29-3)16-20-10-7-8-14-23(20)28/h4-15,19H,16-17H2,1-3H3,(H,29,33)/t19-/m0/s1. The molecule has 0 aliphatic rings. The Morgan fingerprint density at radius 1 is 1.00 bits per heavy atom. The molecule has 0 aromatic heterocycles. The number of benzene rings is 3. The van der Waals surface area contributed by atoms with Crippen molar-refractivity contribution in [1.29, 1.82) is 0 Å². The molecule has 0 spiro atoms. The highest BCUT2D eigenvalue weighted by Crippen LogP contribution is 2.31. The molecule has 0 unspecified atom stereocenters. The monoisotopic (exact) mass is 531 g/mol. The number of hydrogen-bond acceptors (Lipinski definition) is 4. The smallest absolute Gasteiger partial charge is 0.264 e. The molecule has 190 valence electrons. The van der Waals surface area contributed by atoms with E-state index in [9.17, 15) is 22.4 Å². The van der Waals surface area contributed by atoms with E-state index in [0.717, 1.165) is 9.21 Å². The number of nitrogens with one attached hydrogen (secondary N) is 1. The number of rotatable bonds is 9. The van der Waals surface area contributed by atoms with E-state index < -0.39 is 40.2 Å². The molecule has 10 heteroatoms. The predicted octanol–water partition coefficient (Wildman–Crippen LogP) is 4.15. The molecular formula is C26H27ClFN3O4S. The van der Waals surface area contributed by atoms with Crippen LogP contribution in [0.1, 0.15) is 18.1 Å². The van der Waals surface area contributed by atoms with Gasteiger partial charge in [-0.15, -0.1) is 0 Å². The number of hydrogen-bond donors (Lipinski definition) is 1. The fourth-order valence-electron chi connectivity index (χ4n) is 3.70. The molecule has 0 aliphatic heterocycles. The predicted molar refractivity (Wildman–Crippen MR) is 138 cm³/mol. The SMILES string of the molecule is CNC(=O)[C@H](C)N(Cc1ccccc1F)C(=O)CN(c1cccc(Cl)c1C)S(=O)(=O)c1ccccc1. The Bertz CT molecular complexity index is 1350. The second-order valence-corrected chi connectivity index (χ2v) is 10.4. The molecule has 0 aliphatic carbocycles. The molecule has 1 atom stereocenters. The van der Waals surface area contributed by atoms with Crippen molar-refractivity contribution < 1.29 is 22.4 Å². The summed E-state index contributed by atoms with van der Waals surface area (Å²) >= 11 is 6.28. The number of carbonyl (C=O) groups excluding carboxylic acids is 2. The van der Waals surface area contributed by atoms with Gasteiger partial charge in [0.15, 0.2) is 0 Å². The first-order chi connectivity index (χ1) is 17.1. The molecule has 0 radical (unpaired) electrons. The number of likely N-dealkylation sites (N-methyl/N-ethyl adjacent to an activating group) is 1. The molecule has 7 nitrogen and oxygen atoms in total. The van der Waals surface area contributed by atoms with Crippen molar-refractivity contribution in [2.24, 2.45) is 0 Å². The van der Waals surface area contributed by atoms with Gasteiger partial charge in [0.25, 0.3) is 10.0 Å². The topological polar surface area (TPSA) is 86.8 Å². The van der Waals surface area contributed by atoms with Gasteiger partial charge >= 0.3 is 0 Å². The lowest BCUT2D eigenvalue weighted by Gasteiger charge is -2.32. The van der Waals surface area contributed by atoms with Crippen molar-refractivity contribution in [1.82, 2.24) is 10.2 Å². The summed E-state index contributed by atoms with van der Waals surface area (Å²) in [4.78, 5) is 27.3. The number of anilines is 1. The van der Waals surface area contributed by atoms with E-state index in [1.807, 2.05) is 0 Å². The highest BCUT2D eigenvalue weighted by Gasteiger charge is 2.33. The first-order valence-corrected chi connectivity index (χ1v) is 13.0. The van der Waals surface area contributed by atoms with Crippen LogP contribution in [0.3, 0.4) is 0 Å². The molecule has 36 heavy (non-hydrogen) atoms. The van der Waals surface area contributed by atoms with Crippen molar-refractivity contribution in [3.8, 4) is 0 Å². The highest BCUT2D eigenvalue weighted by atomic mass is 35.5. The number of nitrogens with zero attached hydrogens (tertiary/aromatic N) is 2. The average molecular weight is 532 g/mol. The number of amides is 2. The Labute approximate surface area is 215 Å². The molecule has 1 N–H and O–H groups in total. The second kappa shape index (κ2) is 11.5. The zero-order valence-corrected chi connectivity index (χ0v) is 21.7. The largest absolute Gasteiger partial charge is 0.357 e. The summed E-state index contributed by atoms with van der Waals surface area (Å²) in [6.07, 6.45) is 0. The van der Waals surface area contributed by atoms with E-state index in [4.69, 9.17) is 11.6 Å². The highest BCUT2D eigenvalue weighted by molar-refractivity contribution is 7.92. The molecule has 2 amide bonds. The number of carbonyl (C=O) groups is 2. The third kappa shape index (κ3) is 5.85. The van der Waals surface area contributed by atoms with Crippen molar-refractivity contribution in [2.45, 2.75) is 31.3 Å². The zero-order valence-electron chi connectivity index (χ0n) is 20.1. The Morgan fingerprint density at radius 2 is 1.64 bits per heavy atom. The third-order valence-electron chi connectivity index (χ3n) is 5.83. The molecule has 0 fully saturated rings. The quantitative estimate of drug-likeness (QED) is 0.449. The molecule has 0 saturated carbocycles. The van der Waals surface area contributed by atoms with E-state index in [2.05, 4.69) is 5.32 Å². The van der Waals surface area contributed by atoms with Gasteiger partial charge in [0.1, 0.15) is 18.4 Å². The Kier molecular flexibility index (Phi) is 8.70. The average Bonchev–Trinajstić information content (AvgIpc) is 2.88. The van der Waals surface area contributed by atoms with E-state index in [0.29, 0.717) is 10.6 Å². The van der Waals surface area contributed by atoms with Crippen molar-refractivity contribution in [3.05, 3.63) is 94.8 Å². The summed E-state index contributed by atoms with van der Waals surface area (Å²) in [5, 5.41) is 2.81. The molecule has 3 rings (SSSR count). The number of halogens is 2. The van der Waals surface area contributed by atoms with Gasteiger partial charge in [-0.25, -0.2) is 12.8 Å². The Balaban J connectivity index is 2.08. The zero-order chi connectivity index (χ0) is 26.5. The van der Waals surface area contributed by atoms with E-state index in [-0.39, 0.29) is 22.7 Å². The summed E-state index contributed by atoms with van der Waals surface area (Å²) in [5.74, 6) is -1.71. The van der Waals surface area contributed by atoms with Gasteiger partial charge in [0.05, 0.1) is 10.6 Å². The van der Waals surface area contributed by atoms with Gasteiger partial charge in [-0.3, -0.25) is 13.9 Å². The fourth-order valence-corrected chi connectivity index (χ4v) is 5.36. The van der Waals surface area contributed by atoms with E-state index >= 15 is 0 Å². The van der Waals surface area contributed by atoms with Crippen LogP contribution < -0.4 is 9.62 Å². The molecule has 3 aromatic carbocycles. The molecular weight excluding hydrogens is 505 g/mol.